The number of rotatable bonds is 5. The number of carbonyl (C=O) groups is 2. The van der Waals surface area contributed by atoms with E-state index in [1.54, 1.807) is 18.2 Å². The highest BCUT2D eigenvalue weighted by Gasteiger charge is 2.16. The molecule has 0 fully saturated rings. The summed E-state index contributed by atoms with van der Waals surface area (Å²) in [6.45, 7) is 6.20. The Hall–Kier alpha value is -3.60. The van der Waals surface area contributed by atoms with Crippen molar-refractivity contribution in [3.8, 4) is 11.5 Å². The molecule has 0 aromatic heterocycles. The van der Waals surface area contributed by atoms with Gasteiger partial charge in [0.25, 0.3) is 0 Å². The first-order valence-electron chi connectivity index (χ1n) is 8.59. The highest BCUT2D eigenvalue weighted by Crippen LogP contribution is 2.32. The molecule has 0 aliphatic rings. The van der Waals surface area contributed by atoms with Gasteiger partial charge in [-0.15, -0.1) is 0 Å². The van der Waals surface area contributed by atoms with Gasteiger partial charge in [-0.3, -0.25) is 4.79 Å². The lowest BCUT2D eigenvalue weighted by Gasteiger charge is -2.07. The fourth-order valence-electron chi connectivity index (χ4n) is 1.97. The minimum absolute atomic E-state index is 0.158. The predicted molar refractivity (Wildman–Crippen MR) is 111 cm³/mol. The smallest absolute Gasteiger partial charge is 0.328 e. The van der Waals surface area contributed by atoms with Gasteiger partial charge in [-0.2, -0.15) is 0 Å². The number of hydrogen-bond acceptors (Lipinski definition) is 4. The summed E-state index contributed by atoms with van der Waals surface area (Å²) < 4.78 is 0. The molecule has 0 unspecified atom stereocenters. The number of carboxylic acid groups (broad SMARTS) is 1. The number of carbonyl (C=O) groups excluding carboxylic acids is 1. The van der Waals surface area contributed by atoms with Crippen molar-refractivity contribution in [2.75, 3.05) is 0 Å². The number of aromatic hydroxyl groups is 2. The van der Waals surface area contributed by atoms with Gasteiger partial charge in [0, 0.05) is 6.08 Å². The second kappa shape index (κ2) is 11.2. The summed E-state index contributed by atoms with van der Waals surface area (Å²) >= 11 is 0. The van der Waals surface area contributed by atoms with Crippen LogP contribution in [-0.2, 0) is 4.79 Å². The summed E-state index contributed by atoms with van der Waals surface area (Å²) in [5.41, 5.74) is 2.22. The number of carboxylic acids is 1. The third-order valence-corrected chi connectivity index (χ3v) is 3.64. The molecule has 0 spiro atoms. The van der Waals surface area contributed by atoms with Crippen LogP contribution in [0.1, 0.15) is 42.3 Å². The molecule has 2 rings (SSSR count). The summed E-state index contributed by atoms with van der Waals surface area (Å²) in [4.78, 5) is 22.9. The fourth-order valence-corrected chi connectivity index (χ4v) is 1.97. The Morgan fingerprint density at radius 3 is 2.04 bits per heavy atom. The lowest BCUT2D eigenvalue weighted by Crippen LogP contribution is -1.99. The highest BCUT2D eigenvalue weighted by molar-refractivity contribution is 6.11. The van der Waals surface area contributed by atoms with Crippen molar-refractivity contribution >= 4 is 23.9 Å². The molecule has 0 heterocycles. The maximum atomic E-state index is 12.3. The van der Waals surface area contributed by atoms with E-state index in [2.05, 4.69) is 19.9 Å². The molecular formula is C23H24O5. The fraction of sp³-hybridized carbons (Fsp3) is 0.130. The molecule has 146 valence electrons. The van der Waals surface area contributed by atoms with Crippen LogP contribution in [0.2, 0.25) is 0 Å². The van der Waals surface area contributed by atoms with E-state index < -0.39 is 23.3 Å². The average Bonchev–Trinajstić information content (AvgIpc) is 2.68. The van der Waals surface area contributed by atoms with Crippen molar-refractivity contribution in [3.05, 3.63) is 83.0 Å². The zero-order valence-corrected chi connectivity index (χ0v) is 16.1. The first-order chi connectivity index (χ1) is 13.3. The van der Waals surface area contributed by atoms with Crippen molar-refractivity contribution in [1.82, 2.24) is 0 Å². The van der Waals surface area contributed by atoms with Gasteiger partial charge in [0.1, 0.15) is 0 Å². The molecule has 0 atom stereocenters. The Morgan fingerprint density at radius 2 is 1.50 bits per heavy atom. The molecule has 5 heteroatoms. The molecule has 0 aliphatic carbocycles. The van der Waals surface area contributed by atoms with E-state index in [0.29, 0.717) is 0 Å². The Kier molecular flexibility index (Phi) is 8.96. The van der Waals surface area contributed by atoms with Crippen LogP contribution in [0, 0.1) is 0 Å². The van der Waals surface area contributed by atoms with E-state index in [1.165, 1.54) is 29.9 Å². The zero-order chi connectivity index (χ0) is 21.1. The van der Waals surface area contributed by atoms with Crippen LogP contribution < -0.4 is 0 Å². The number of phenolic OH excluding ortho intramolecular Hbond substituents is 2. The van der Waals surface area contributed by atoms with Crippen molar-refractivity contribution in [2.24, 2.45) is 0 Å². The van der Waals surface area contributed by atoms with Crippen LogP contribution in [-0.4, -0.2) is 27.1 Å². The second-order valence-corrected chi connectivity index (χ2v) is 6.04. The van der Waals surface area contributed by atoms with Crippen LogP contribution in [0.15, 0.2) is 66.3 Å². The molecule has 3 N–H and O–H groups in total. The third kappa shape index (κ3) is 7.33. The molecule has 5 nitrogen and oxygen atoms in total. The van der Waals surface area contributed by atoms with Gasteiger partial charge in [-0.25, -0.2) is 4.79 Å². The van der Waals surface area contributed by atoms with Crippen molar-refractivity contribution < 1.29 is 24.9 Å². The Morgan fingerprint density at radius 1 is 0.893 bits per heavy atom. The largest absolute Gasteiger partial charge is 0.504 e. The summed E-state index contributed by atoms with van der Waals surface area (Å²) in [6.07, 6.45) is 6.94. The van der Waals surface area contributed by atoms with Gasteiger partial charge >= 0.3 is 5.97 Å². The van der Waals surface area contributed by atoms with E-state index in [0.717, 1.165) is 11.6 Å². The summed E-state index contributed by atoms with van der Waals surface area (Å²) in [6, 6.07) is 11.6. The number of allylic oxidation sites excluding steroid dienone is 3. The number of benzene rings is 2. The first kappa shape index (κ1) is 22.4. The van der Waals surface area contributed by atoms with Crippen LogP contribution in [0.4, 0.5) is 0 Å². The van der Waals surface area contributed by atoms with Crippen molar-refractivity contribution in [2.45, 2.75) is 20.8 Å². The summed E-state index contributed by atoms with van der Waals surface area (Å²) in [5, 5.41) is 28.2. The van der Waals surface area contributed by atoms with E-state index in [9.17, 15) is 19.8 Å². The number of aliphatic carboxylic acids is 1. The van der Waals surface area contributed by atoms with E-state index >= 15 is 0 Å². The quantitative estimate of drug-likeness (QED) is 0.291. The number of hydrogen-bond donors (Lipinski definition) is 3. The lowest BCUT2D eigenvalue weighted by molar-refractivity contribution is -0.131. The molecule has 2 aromatic carbocycles. The molecule has 0 bridgehead atoms. The van der Waals surface area contributed by atoms with E-state index in [-0.39, 0.29) is 11.1 Å². The molecule has 0 amide bonds. The second-order valence-electron chi connectivity index (χ2n) is 6.04. The molecule has 2 aromatic rings. The standard InChI is InChI=1S/C18H14O5.C5H10/c19-14(9-6-12-4-2-1-3-5-12)17-13(8-11-16(21)22)7-10-15(20)18(17)23;1-4-5(2)3/h1-11,20,23H,(H,21,22);4H,1-3H3. The topological polar surface area (TPSA) is 94.8 Å². The molecule has 28 heavy (non-hydrogen) atoms. The van der Waals surface area contributed by atoms with Gasteiger partial charge in [0.2, 0.25) is 0 Å². The van der Waals surface area contributed by atoms with Crippen LogP contribution in [0.5, 0.6) is 11.5 Å². The maximum absolute atomic E-state index is 12.3. The maximum Gasteiger partial charge on any atom is 0.328 e. The third-order valence-electron chi connectivity index (χ3n) is 3.64. The first-order valence-corrected chi connectivity index (χ1v) is 8.59. The minimum Gasteiger partial charge on any atom is -0.504 e. The summed E-state index contributed by atoms with van der Waals surface area (Å²) in [7, 11) is 0. The molecule has 0 saturated heterocycles. The molecule has 0 radical (unpaired) electrons. The van der Waals surface area contributed by atoms with Gasteiger partial charge in [-0.1, -0.05) is 54.1 Å². The van der Waals surface area contributed by atoms with Gasteiger partial charge in [0.15, 0.2) is 17.3 Å². The Bertz CT molecular complexity index is 902. The molecule has 0 saturated carbocycles. The minimum atomic E-state index is -1.18. The highest BCUT2D eigenvalue weighted by atomic mass is 16.4. The van der Waals surface area contributed by atoms with Crippen molar-refractivity contribution in [1.29, 1.82) is 0 Å². The van der Waals surface area contributed by atoms with Gasteiger partial charge in [0.05, 0.1) is 5.56 Å². The van der Waals surface area contributed by atoms with Crippen LogP contribution in [0.25, 0.3) is 12.2 Å². The Labute approximate surface area is 164 Å². The summed E-state index contributed by atoms with van der Waals surface area (Å²) in [5.74, 6) is -2.77. The van der Waals surface area contributed by atoms with Crippen LogP contribution >= 0.6 is 0 Å². The van der Waals surface area contributed by atoms with E-state index in [1.807, 2.05) is 25.1 Å². The Balaban J connectivity index is 0.000000696. The normalized spacial score (nSPS) is 10.4. The SMILES string of the molecule is CC=C(C)C.O=C(O)C=Cc1ccc(O)c(O)c1C(=O)C=Cc1ccccc1. The zero-order valence-electron chi connectivity index (χ0n) is 16.1. The average molecular weight is 380 g/mol. The van der Waals surface area contributed by atoms with Gasteiger partial charge < -0.3 is 15.3 Å². The lowest BCUT2D eigenvalue weighted by atomic mass is 10.00. The van der Waals surface area contributed by atoms with Gasteiger partial charge in [-0.05, 0) is 50.1 Å². The monoisotopic (exact) mass is 380 g/mol. The predicted octanol–water partition coefficient (Wildman–Crippen LogP) is 5.06. The molecule has 0 aliphatic heterocycles. The van der Waals surface area contributed by atoms with E-state index in [4.69, 9.17) is 5.11 Å². The van der Waals surface area contributed by atoms with Crippen LogP contribution in [0.3, 0.4) is 0 Å². The number of phenols is 2. The molecular weight excluding hydrogens is 356 g/mol. The number of ketones is 1. The van der Waals surface area contributed by atoms with Crippen molar-refractivity contribution in [3.63, 3.8) is 0 Å².